The number of benzene rings is 1. The zero-order valence-corrected chi connectivity index (χ0v) is 12.3. The second-order valence-electron chi connectivity index (χ2n) is 5.43. The summed E-state index contributed by atoms with van der Waals surface area (Å²) in [5.74, 6) is 7.22. The van der Waals surface area contributed by atoms with Crippen molar-refractivity contribution in [1.82, 2.24) is 4.98 Å². The largest absolute Gasteiger partial charge is 0.396 e. The fourth-order valence-corrected chi connectivity index (χ4v) is 2.57. The van der Waals surface area contributed by atoms with Crippen molar-refractivity contribution in [2.24, 2.45) is 11.8 Å². The van der Waals surface area contributed by atoms with Crippen molar-refractivity contribution in [3.8, 4) is 11.1 Å². The van der Waals surface area contributed by atoms with Crippen LogP contribution in [0.3, 0.4) is 0 Å². The molecular weight excluding hydrogens is 286 g/mol. The first kappa shape index (κ1) is 14.0. The molecule has 5 nitrogen and oxygen atoms in total. The summed E-state index contributed by atoms with van der Waals surface area (Å²) in [6.07, 6.45) is 4.15. The Bertz CT molecular complexity index is 652. The third-order valence-corrected chi connectivity index (χ3v) is 4.12. The van der Waals surface area contributed by atoms with Gasteiger partial charge in [0.1, 0.15) is 5.82 Å². The van der Waals surface area contributed by atoms with Crippen molar-refractivity contribution in [1.29, 1.82) is 0 Å². The van der Waals surface area contributed by atoms with Crippen LogP contribution in [0.1, 0.15) is 12.8 Å². The third-order valence-electron chi connectivity index (χ3n) is 3.72. The van der Waals surface area contributed by atoms with Crippen LogP contribution in [0.4, 0.5) is 17.2 Å². The number of anilines is 3. The molecule has 0 unspecified atom stereocenters. The minimum atomic E-state index is 0.469. The predicted molar refractivity (Wildman–Crippen MR) is 87.8 cm³/mol. The lowest BCUT2D eigenvalue weighted by Crippen LogP contribution is -2.33. The summed E-state index contributed by atoms with van der Waals surface area (Å²) in [6, 6.07) is 7.41. The number of hydrogen-bond donors (Lipinski definition) is 3. The van der Waals surface area contributed by atoms with Gasteiger partial charge in [0.15, 0.2) is 0 Å². The van der Waals surface area contributed by atoms with Crippen LogP contribution < -0.4 is 22.3 Å². The van der Waals surface area contributed by atoms with Gasteiger partial charge < -0.3 is 16.5 Å². The number of aromatic nitrogens is 1. The van der Waals surface area contributed by atoms with Crippen LogP contribution in [0.5, 0.6) is 0 Å². The van der Waals surface area contributed by atoms with Crippen LogP contribution in [0.15, 0.2) is 30.5 Å². The van der Waals surface area contributed by atoms with E-state index in [-0.39, 0.29) is 0 Å². The quantitative estimate of drug-likeness (QED) is 0.458. The highest BCUT2D eigenvalue weighted by molar-refractivity contribution is 6.36. The molecule has 1 aromatic carbocycles. The summed E-state index contributed by atoms with van der Waals surface area (Å²) in [4.78, 5) is 4.07. The van der Waals surface area contributed by atoms with Crippen LogP contribution in [-0.2, 0) is 0 Å². The Morgan fingerprint density at radius 1 is 1.19 bits per heavy atom. The molecule has 1 fully saturated rings. The summed E-state index contributed by atoms with van der Waals surface area (Å²) in [5, 5.41) is 2.18. The average molecular weight is 304 g/mol. The van der Waals surface area contributed by atoms with Gasteiger partial charge in [-0.2, -0.15) is 0 Å². The van der Waals surface area contributed by atoms with E-state index in [4.69, 9.17) is 28.9 Å². The number of nitrogen functional groups attached to an aromatic ring is 2. The molecule has 3 rings (SSSR count). The van der Waals surface area contributed by atoms with Crippen molar-refractivity contribution in [3.63, 3.8) is 0 Å². The molecule has 1 aliphatic carbocycles. The van der Waals surface area contributed by atoms with Gasteiger partial charge in [0, 0.05) is 23.9 Å². The molecule has 1 saturated carbocycles. The smallest absolute Gasteiger partial charge is 0.123 e. The SMILES string of the molecule is Nc1ccc(-c2ccc(N(N)CC3CC3)c(N)c2Cl)cn1. The zero-order valence-electron chi connectivity index (χ0n) is 11.6. The van der Waals surface area contributed by atoms with Gasteiger partial charge in [-0.1, -0.05) is 17.7 Å². The van der Waals surface area contributed by atoms with Crippen molar-refractivity contribution in [2.75, 3.05) is 23.0 Å². The molecule has 0 atom stereocenters. The number of nitrogens with zero attached hydrogens (tertiary/aromatic N) is 2. The Balaban J connectivity index is 1.93. The van der Waals surface area contributed by atoms with E-state index in [1.165, 1.54) is 12.8 Å². The van der Waals surface area contributed by atoms with Crippen molar-refractivity contribution < 1.29 is 0 Å². The van der Waals surface area contributed by atoms with Gasteiger partial charge in [0.05, 0.1) is 16.4 Å². The summed E-state index contributed by atoms with van der Waals surface area (Å²) in [6.45, 7) is 0.809. The lowest BCUT2D eigenvalue weighted by molar-refractivity contribution is 0.751. The molecule has 1 aliphatic rings. The number of halogens is 1. The van der Waals surface area contributed by atoms with Gasteiger partial charge in [0.2, 0.25) is 0 Å². The van der Waals surface area contributed by atoms with Gasteiger partial charge in [-0.05, 0) is 37.0 Å². The van der Waals surface area contributed by atoms with Crippen molar-refractivity contribution >= 4 is 28.8 Å². The zero-order chi connectivity index (χ0) is 15.0. The topological polar surface area (TPSA) is 94.2 Å². The molecular formula is C15H18ClN5. The fourth-order valence-electron chi connectivity index (χ4n) is 2.30. The van der Waals surface area contributed by atoms with Gasteiger partial charge in [0.25, 0.3) is 0 Å². The Hall–Kier alpha value is -1.98. The van der Waals surface area contributed by atoms with Gasteiger partial charge in [-0.15, -0.1) is 0 Å². The van der Waals surface area contributed by atoms with E-state index in [0.717, 1.165) is 23.4 Å². The lowest BCUT2D eigenvalue weighted by atomic mass is 10.1. The maximum absolute atomic E-state index is 6.40. The Labute approximate surface area is 128 Å². The van der Waals surface area contributed by atoms with E-state index < -0.39 is 0 Å². The van der Waals surface area contributed by atoms with E-state index in [2.05, 4.69) is 4.98 Å². The van der Waals surface area contributed by atoms with E-state index in [1.54, 1.807) is 17.3 Å². The highest BCUT2D eigenvalue weighted by Gasteiger charge is 2.24. The highest BCUT2D eigenvalue weighted by Crippen LogP contribution is 2.39. The number of pyridine rings is 1. The molecule has 0 saturated heterocycles. The molecule has 6 N–H and O–H groups in total. The minimum Gasteiger partial charge on any atom is -0.396 e. The van der Waals surface area contributed by atoms with Crippen LogP contribution in [0.25, 0.3) is 11.1 Å². The summed E-state index contributed by atoms with van der Waals surface area (Å²) < 4.78 is 0. The van der Waals surface area contributed by atoms with E-state index >= 15 is 0 Å². The standard InChI is InChI=1S/C15H18ClN5/c16-14-11(10-3-6-13(17)20-7-10)4-5-12(15(14)18)21(19)8-9-1-2-9/h3-7,9H,1-2,8,18-19H2,(H2,17,20). The molecule has 2 aromatic rings. The van der Waals surface area contributed by atoms with Gasteiger partial charge in [-0.3, -0.25) is 0 Å². The second kappa shape index (κ2) is 5.42. The van der Waals surface area contributed by atoms with Crippen molar-refractivity contribution in [2.45, 2.75) is 12.8 Å². The molecule has 0 spiro atoms. The molecule has 21 heavy (non-hydrogen) atoms. The first-order chi connectivity index (χ1) is 10.1. The molecule has 0 amide bonds. The molecule has 110 valence electrons. The van der Waals surface area contributed by atoms with Gasteiger partial charge in [-0.25, -0.2) is 10.8 Å². The first-order valence-corrected chi connectivity index (χ1v) is 7.26. The molecule has 0 radical (unpaired) electrons. The number of nitrogens with two attached hydrogens (primary N) is 3. The first-order valence-electron chi connectivity index (χ1n) is 6.88. The Morgan fingerprint density at radius 2 is 1.95 bits per heavy atom. The van der Waals surface area contributed by atoms with Crippen LogP contribution >= 0.6 is 11.6 Å². The number of hydrogen-bond acceptors (Lipinski definition) is 5. The summed E-state index contributed by atoms with van der Waals surface area (Å²) in [5.41, 5.74) is 14.7. The number of rotatable bonds is 4. The minimum absolute atomic E-state index is 0.469. The molecule has 1 aromatic heterocycles. The molecule has 1 heterocycles. The Morgan fingerprint density at radius 3 is 2.57 bits per heavy atom. The Kier molecular flexibility index (Phi) is 3.61. The molecule has 0 bridgehead atoms. The van der Waals surface area contributed by atoms with Crippen LogP contribution in [0.2, 0.25) is 5.02 Å². The third kappa shape index (κ3) is 2.89. The summed E-state index contributed by atoms with van der Waals surface area (Å²) >= 11 is 6.40. The fraction of sp³-hybridized carbons (Fsp3) is 0.267. The van der Waals surface area contributed by atoms with Crippen LogP contribution in [-0.4, -0.2) is 11.5 Å². The number of hydrazine groups is 1. The van der Waals surface area contributed by atoms with E-state index in [9.17, 15) is 0 Å². The van der Waals surface area contributed by atoms with E-state index in [1.807, 2.05) is 18.2 Å². The maximum atomic E-state index is 6.40. The highest BCUT2D eigenvalue weighted by atomic mass is 35.5. The monoisotopic (exact) mass is 303 g/mol. The average Bonchev–Trinajstić information content (AvgIpc) is 3.27. The maximum Gasteiger partial charge on any atom is 0.123 e. The van der Waals surface area contributed by atoms with Crippen LogP contribution in [0, 0.1) is 5.92 Å². The lowest BCUT2D eigenvalue weighted by Gasteiger charge is -2.22. The molecule has 0 aliphatic heterocycles. The van der Waals surface area contributed by atoms with Gasteiger partial charge >= 0.3 is 0 Å². The van der Waals surface area contributed by atoms with E-state index in [0.29, 0.717) is 22.4 Å². The summed E-state index contributed by atoms with van der Waals surface area (Å²) in [7, 11) is 0. The predicted octanol–water partition coefficient (Wildman–Crippen LogP) is 2.66. The second-order valence-corrected chi connectivity index (χ2v) is 5.81. The normalized spacial score (nSPS) is 14.2. The molecule has 6 heteroatoms. The van der Waals surface area contributed by atoms with Crippen molar-refractivity contribution in [3.05, 3.63) is 35.5 Å².